The minimum absolute atomic E-state index is 0.00827. The number of benzene rings is 1. The maximum absolute atomic E-state index is 13.7. The highest BCUT2D eigenvalue weighted by molar-refractivity contribution is 7.14. The molecule has 6 rings (SSSR count). The minimum atomic E-state index is -4.41. The van der Waals surface area contributed by atoms with Crippen LogP contribution in [0, 0.1) is 5.92 Å². The summed E-state index contributed by atoms with van der Waals surface area (Å²) < 4.78 is 43.0. The molecule has 1 fully saturated rings. The number of fused-ring (bicyclic) bond motifs is 1. The van der Waals surface area contributed by atoms with Crippen LogP contribution >= 0.6 is 11.3 Å². The summed E-state index contributed by atoms with van der Waals surface area (Å²) in [5, 5.41) is 11.3. The first-order valence-corrected chi connectivity index (χ1v) is 14.0. The van der Waals surface area contributed by atoms with Gasteiger partial charge in [0.05, 0.1) is 21.8 Å². The van der Waals surface area contributed by atoms with Crippen LogP contribution in [0.25, 0.3) is 16.7 Å². The molecule has 3 heterocycles. The second-order valence-corrected chi connectivity index (χ2v) is 11.9. The molecule has 2 aliphatic carbocycles. The highest BCUT2D eigenvalue weighted by atomic mass is 32.1. The van der Waals surface area contributed by atoms with Crippen molar-refractivity contribution in [2.24, 2.45) is 11.7 Å². The number of nitrogens with two attached hydrogens (primary N) is 1. The van der Waals surface area contributed by atoms with Gasteiger partial charge < -0.3 is 15.8 Å². The van der Waals surface area contributed by atoms with E-state index in [4.69, 9.17) is 5.73 Å². The maximum Gasteiger partial charge on any atom is 0.416 e. The first-order chi connectivity index (χ1) is 19.0. The van der Waals surface area contributed by atoms with Gasteiger partial charge in [-0.1, -0.05) is 32.0 Å². The SMILES string of the molecule is CC1CC(c2cc[nH]c(=O)c2)=Cc2ncn(-c3cc(C4CC4C(C)c4ccccc4C(F)(F)F)c(C(N)O)s3)c21. The van der Waals surface area contributed by atoms with Crippen LogP contribution in [0.5, 0.6) is 0 Å². The van der Waals surface area contributed by atoms with Crippen LogP contribution in [0.1, 0.15) is 89.2 Å². The van der Waals surface area contributed by atoms with E-state index in [1.165, 1.54) is 17.4 Å². The van der Waals surface area contributed by atoms with Crippen molar-refractivity contribution in [3.8, 4) is 5.00 Å². The number of nitrogens with one attached hydrogen (secondary N) is 1. The van der Waals surface area contributed by atoms with Crippen LogP contribution in [0.15, 0.2) is 59.8 Å². The van der Waals surface area contributed by atoms with E-state index >= 15 is 0 Å². The van der Waals surface area contributed by atoms with Crippen molar-refractivity contribution in [2.45, 2.75) is 56.8 Å². The van der Waals surface area contributed by atoms with Gasteiger partial charge in [-0.15, -0.1) is 11.3 Å². The lowest BCUT2D eigenvalue weighted by Crippen LogP contribution is -2.12. The van der Waals surface area contributed by atoms with Crippen molar-refractivity contribution >= 4 is 23.0 Å². The summed E-state index contributed by atoms with van der Waals surface area (Å²) in [6.45, 7) is 3.96. The smallest absolute Gasteiger partial charge is 0.374 e. The lowest BCUT2D eigenvalue weighted by Gasteiger charge is -2.21. The second-order valence-electron chi connectivity index (χ2n) is 10.8. The Morgan fingerprint density at radius 1 is 1.23 bits per heavy atom. The Bertz CT molecular complexity index is 1670. The van der Waals surface area contributed by atoms with Crippen molar-refractivity contribution in [1.29, 1.82) is 0 Å². The van der Waals surface area contributed by atoms with Gasteiger partial charge in [0, 0.05) is 18.2 Å². The van der Waals surface area contributed by atoms with Crippen molar-refractivity contribution < 1.29 is 18.3 Å². The Labute approximate surface area is 233 Å². The first kappa shape index (κ1) is 26.7. The normalized spacial score (nSPS) is 22.0. The van der Waals surface area contributed by atoms with Gasteiger partial charge in [-0.05, 0) is 77.1 Å². The maximum atomic E-state index is 13.7. The summed E-state index contributed by atoms with van der Waals surface area (Å²) in [5.41, 5.74) is 10.2. The topological polar surface area (TPSA) is 96.9 Å². The molecule has 5 unspecified atom stereocenters. The van der Waals surface area contributed by atoms with Crippen molar-refractivity contribution in [2.75, 3.05) is 0 Å². The zero-order valence-electron chi connectivity index (χ0n) is 21.9. The molecule has 2 aliphatic rings. The molecule has 0 spiro atoms. The van der Waals surface area contributed by atoms with Crippen LogP contribution < -0.4 is 11.3 Å². The molecule has 4 N–H and O–H groups in total. The zero-order chi connectivity index (χ0) is 28.3. The number of alkyl halides is 3. The lowest BCUT2D eigenvalue weighted by molar-refractivity contribution is -0.138. The fourth-order valence-electron chi connectivity index (χ4n) is 6.20. The van der Waals surface area contributed by atoms with Gasteiger partial charge in [0.1, 0.15) is 17.6 Å². The Morgan fingerprint density at radius 2 is 2.00 bits per heavy atom. The van der Waals surface area contributed by atoms with Crippen molar-refractivity contribution in [3.63, 3.8) is 0 Å². The summed E-state index contributed by atoms with van der Waals surface area (Å²) in [6.07, 6.45) is 1.26. The summed E-state index contributed by atoms with van der Waals surface area (Å²) in [5.74, 6) is -0.169. The number of aromatic amines is 1. The minimum Gasteiger partial charge on any atom is -0.374 e. The average molecular weight is 567 g/mol. The summed E-state index contributed by atoms with van der Waals surface area (Å²) in [4.78, 5) is 19.7. The van der Waals surface area contributed by atoms with Crippen LogP contribution in [0.4, 0.5) is 13.2 Å². The Balaban J connectivity index is 1.32. The lowest BCUT2D eigenvalue weighted by atomic mass is 9.87. The third kappa shape index (κ3) is 4.74. The highest BCUT2D eigenvalue weighted by Crippen LogP contribution is 2.58. The number of allylic oxidation sites excluding steroid dienone is 1. The van der Waals surface area contributed by atoms with E-state index in [2.05, 4.69) is 16.9 Å². The van der Waals surface area contributed by atoms with Crippen molar-refractivity contribution in [3.05, 3.63) is 104 Å². The number of hydrogen-bond donors (Lipinski definition) is 3. The van der Waals surface area contributed by atoms with E-state index in [1.807, 2.05) is 29.7 Å². The van der Waals surface area contributed by atoms with Gasteiger partial charge in [-0.3, -0.25) is 9.36 Å². The molecule has 0 saturated heterocycles. The molecular weight excluding hydrogens is 537 g/mol. The second kappa shape index (κ2) is 9.87. The molecule has 0 bridgehead atoms. The Hall–Kier alpha value is -3.47. The van der Waals surface area contributed by atoms with E-state index in [-0.39, 0.29) is 29.2 Å². The standard InChI is InChI=1S/C30H29F3N4O2S/c1-15-9-18(17-7-8-35-25(38)11-17)10-24-27(15)37(14-36-24)26-13-22(28(40-26)29(34)39)21-12-20(21)16(2)19-5-3-4-6-23(19)30(31,32)33/h3-8,10-11,13-16,20-21,29,39H,9,12,34H2,1-2H3,(H,35,38). The van der Waals surface area contributed by atoms with Crippen LogP contribution in [0.2, 0.25) is 0 Å². The number of thiophene rings is 1. The largest absolute Gasteiger partial charge is 0.416 e. The third-order valence-electron chi connectivity index (χ3n) is 8.21. The highest BCUT2D eigenvalue weighted by Gasteiger charge is 2.46. The summed E-state index contributed by atoms with van der Waals surface area (Å²) >= 11 is 1.39. The van der Waals surface area contributed by atoms with Gasteiger partial charge in [0.15, 0.2) is 0 Å². The molecule has 1 aromatic carbocycles. The number of hydrogen-bond acceptors (Lipinski definition) is 5. The Kier molecular flexibility index (Phi) is 6.59. The fourth-order valence-corrected chi connectivity index (χ4v) is 7.30. The first-order valence-electron chi connectivity index (χ1n) is 13.2. The fraction of sp³-hybridized carbons (Fsp3) is 0.333. The van der Waals surface area contributed by atoms with Crippen LogP contribution in [0.3, 0.4) is 0 Å². The predicted octanol–water partition coefficient (Wildman–Crippen LogP) is 6.55. The monoisotopic (exact) mass is 566 g/mol. The number of aromatic nitrogens is 3. The van der Waals surface area contributed by atoms with E-state index in [0.717, 1.165) is 52.0 Å². The molecule has 10 heteroatoms. The number of imidazole rings is 1. The molecule has 1 saturated carbocycles. The molecule has 40 heavy (non-hydrogen) atoms. The molecule has 0 radical (unpaired) electrons. The number of pyridine rings is 1. The molecule has 6 nitrogen and oxygen atoms in total. The quantitative estimate of drug-likeness (QED) is 0.231. The number of halogens is 3. The number of rotatable bonds is 6. The summed E-state index contributed by atoms with van der Waals surface area (Å²) in [7, 11) is 0. The van der Waals surface area contributed by atoms with Gasteiger partial charge in [-0.25, -0.2) is 4.98 Å². The van der Waals surface area contributed by atoms with Gasteiger partial charge in [0.25, 0.3) is 0 Å². The number of aliphatic hydroxyl groups excluding tert-OH is 1. The molecular formula is C30H29F3N4O2S. The summed E-state index contributed by atoms with van der Waals surface area (Å²) in [6, 6.07) is 11.2. The molecule has 208 valence electrons. The van der Waals surface area contributed by atoms with Crippen LogP contribution in [-0.2, 0) is 6.18 Å². The zero-order valence-corrected chi connectivity index (χ0v) is 22.8. The van der Waals surface area contributed by atoms with E-state index in [1.54, 1.807) is 30.7 Å². The molecule has 4 aromatic rings. The Morgan fingerprint density at radius 3 is 2.73 bits per heavy atom. The molecule has 0 aliphatic heterocycles. The number of H-pyrrole nitrogens is 1. The average Bonchev–Trinajstić information content (AvgIpc) is 3.37. The third-order valence-corrected chi connectivity index (χ3v) is 9.43. The number of aliphatic hydroxyl groups is 1. The number of nitrogens with zero attached hydrogens (tertiary/aromatic N) is 2. The van der Waals surface area contributed by atoms with E-state index in [9.17, 15) is 23.1 Å². The molecule has 3 aromatic heterocycles. The molecule has 5 atom stereocenters. The predicted molar refractivity (Wildman–Crippen MR) is 149 cm³/mol. The molecule has 0 amide bonds. The van der Waals surface area contributed by atoms with Gasteiger partial charge >= 0.3 is 6.18 Å². The van der Waals surface area contributed by atoms with Crippen molar-refractivity contribution in [1.82, 2.24) is 14.5 Å². The van der Waals surface area contributed by atoms with E-state index in [0.29, 0.717) is 10.4 Å². The van der Waals surface area contributed by atoms with Gasteiger partial charge in [-0.2, -0.15) is 13.2 Å². The van der Waals surface area contributed by atoms with E-state index < -0.39 is 18.0 Å². The van der Waals surface area contributed by atoms with Crippen LogP contribution in [-0.4, -0.2) is 19.6 Å². The van der Waals surface area contributed by atoms with Gasteiger partial charge in [0.2, 0.25) is 5.56 Å².